The van der Waals surface area contributed by atoms with E-state index in [0.29, 0.717) is 59.0 Å². The van der Waals surface area contributed by atoms with Crippen molar-refractivity contribution in [1.29, 1.82) is 5.26 Å². The highest BCUT2D eigenvalue weighted by Gasteiger charge is 2.34. The van der Waals surface area contributed by atoms with Crippen LogP contribution in [0, 0.1) is 24.2 Å². The smallest absolute Gasteiger partial charge is 0.310 e. The molecule has 10 heteroatoms. The van der Waals surface area contributed by atoms with E-state index in [4.69, 9.17) is 17.0 Å². The van der Waals surface area contributed by atoms with Crippen molar-refractivity contribution in [2.45, 2.75) is 72.8 Å². The molecule has 0 aliphatic carbocycles. The molecule has 0 radical (unpaired) electrons. The average molecular weight is 545 g/mol. The van der Waals surface area contributed by atoms with Gasteiger partial charge in [-0.15, -0.1) is 0 Å². The molecule has 1 amide bonds. The molecular formula is C27H36N4O4S2. The number of nitriles is 1. The van der Waals surface area contributed by atoms with E-state index in [0.717, 1.165) is 38.5 Å². The van der Waals surface area contributed by atoms with Crippen LogP contribution in [0.25, 0.3) is 6.08 Å². The topological polar surface area (TPSA) is 95.6 Å². The largest absolute Gasteiger partial charge is 0.466 e. The minimum Gasteiger partial charge on any atom is -0.466 e. The second-order valence-corrected chi connectivity index (χ2v) is 11.1. The zero-order valence-corrected chi connectivity index (χ0v) is 23.8. The van der Waals surface area contributed by atoms with E-state index in [1.54, 1.807) is 29.4 Å². The molecule has 0 spiro atoms. The van der Waals surface area contributed by atoms with Gasteiger partial charge in [0.15, 0.2) is 0 Å². The molecule has 1 atom stereocenters. The van der Waals surface area contributed by atoms with Gasteiger partial charge in [0.2, 0.25) is 0 Å². The first-order valence-electron chi connectivity index (χ1n) is 13.1. The van der Waals surface area contributed by atoms with Gasteiger partial charge in [-0.1, -0.05) is 50.7 Å². The van der Waals surface area contributed by atoms with Gasteiger partial charge < -0.3 is 9.64 Å². The number of piperidine rings is 1. The van der Waals surface area contributed by atoms with Crippen molar-refractivity contribution >= 4 is 52.1 Å². The van der Waals surface area contributed by atoms with Gasteiger partial charge >= 0.3 is 5.97 Å². The summed E-state index contributed by atoms with van der Waals surface area (Å²) < 4.78 is 7.47. The Kier molecular flexibility index (Phi) is 10.4. The molecule has 1 aromatic heterocycles. The lowest BCUT2D eigenvalue weighted by atomic mass is 9.96. The quantitative estimate of drug-likeness (QED) is 0.239. The number of thiocarbonyl (C=S) groups is 1. The number of amides is 1. The minimum atomic E-state index is -0.339. The first-order chi connectivity index (χ1) is 17.8. The third-order valence-corrected chi connectivity index (χ3v) is 8.18. The maximum absolute atomic E-state index is 13.5. The molecular weight excluding hydrogens is 508 g/mol. The lowest BCUT2D eigenvalue weighted by Crippen LogP contribution is -2.43. The van der Waals surface area contributed by atoms with E-state index >= 15 is 0 Å². The number of hydrogen-bond acceptors (Lipinski definition) is 8. The molecule has 2 aliphatic rings. The van der Waals surface area contributed by atoms with Crippen LogP contribution in [0.15, 0.2) is 9.70 Å². The zero-order valence-electron chi connectivity index (χ0n) is 22.2. The molecule has 0 N–H and O–H groups in total. The van der Waals surface area contributed by atoms with Crippen molar-refractivity contribution in [3.8, 4) is 6.07 Å². The van der Waals surface area contributed by atoms with E-state index in [9.17, 15) is 19.6 Å². The monoisotopic (exact) mass is 544 g/mol. The van der Waals surface area contributed by atoms with E-state index in [1.807, 2.05) is 6.92 Å². The van der Waals surface area contributed by atoms with Crippen LogP contribution in [0.1, 0.15) is 76.0 Å². The van der Waals surface area contributed by atoms with Gasteiger partial charge in [-0.05, 0) is 51.2 Å². The number of thioether (sulfide) groups is 1. The van der Waals surface area contributed by atoms with Gasteiger partial charge in [0.05, 0.1) is 17.4 Å². The van der Waals surface area contributed by atoms with Crippen molar-refractivity contribution in [2.24, 2.45) is 5.92 Å². The number of carbonyl (C=O) groups excluding carboxylic acids is 2. The molecule has 2 aliphatic heterocycles. The maximum atomic E-state index is 13.5. The Hall–Kier alpha value is -2.64. The number of esters is 1. The fraction of sp³-hybridized carbons (Fsp3) is 0.593. The lowest BCUT2D eigenvalue weighted by molar-refractivity contribution is -0.148. The van der Waals surface area contributed by atoms with Gasteiger partial charge in [0.25, 0.3) is 11.5 Å². The number of anilines is 1. The van der Waals surface area contributed by atoms with E-state index in [-0.39, 0.29) is 28.9 Å². The maximum Gasteiger partial charge on any atom is 0.310 e. The summed E-state index contributed by atoms with van der Waals surface area (Å²) >= 11 is 6.74. The Balaban J connectivity index is 2.18. The van der Waals surface area contributed by atoms with Crippen molar-refractivity contribution in [3.63, 3.8) is 0 Å². The third kappa shape index (κ3) is 6.27. The lowest BCUT2D eigenvalue weighted by Gasteiger charge is -2.36. The second kappa shape index (κ2) is 13.2. The predicted octanol–water partition coefficient (Wildman–Crippen LogP) is 4.61. The number of carbonyl (C=O) groups is 2. The van der Waals surface area contributed by atoms with Crippen LogP contribution < -0.4 is 10.5 Å². The number of ether oxygens (including phenoxy) is 1. The molecule has 0 bridgehead atoms. The van der Waals surface area contributed by atoms with Gasteiger partial charge in [-0.2, -0.15) is 5.26 Å². The summed E-state index contributed by atoms with van der Waals surface area (Å²) in [6.07, 6.45) is 6.70. The molecule has 2 saturated heterocycles. The van der Waals surface area contributed by atoms with Crippen molar-refractivity contribution in [2.75, 3.05) is 31.1 Å². The van der Waals surface area contributed by atoms with Crippen LogP contribution in [0.4, 0.5) is 5.82 Å². The first kappa shape index (κ1) is 28.9. The Morgan fingerprint density at radius 2 is 1.92 bits per heavy atom. The molecule has 200 valence electrons. The number of hydrogen-bond donors (Lipinski definition) is 0. The summed E-state index contributed by atoms with van der Waals surface area (Å²) in [6, 6.07) is 2.09. The number of unbranched alkanes of at least 4 members (excludes halogenated alkanes) is 2. The summed E-state index contributed by atoms with van der Waals surface area (Å²) in [5.41, 5.74) is 0.931. The minimum absolute atomic E-state index is 0.0755. The molecule has 1 unspecified atom stereocenters. The SMILES string of the molecule is CCCCN1C(=O)/C(=C\c2c(C)c(C#N)c(=O)n(CCCC)c2N2CCCC(C(=O)OCC)C2)SC1=S. The van der Waals surface area contributed by atoms with Gasteiger partial charge in [-0.3, -0.25) is 23.9 Å². The Bertz CT molecular complexity index is 1180. The number of nitrogens with zero attached hydrogens (tertiary/aromatic N) is 4. The van der Waals surface area contributed by atoms with E-state index in [1.165, 1.54) is 11.8 Å². The summed E-state index contributed by atoms with van der Waals surface area (Å²) in [5, 5.41) is 9.88. The Labute approximate surface area is 228 Å². The molecule has 3 rings (SSSR count). The molecule has 8 nitrogen and oxygen atoms in total. The molecule has 37 heavy (non-hydrogen) atoms. The number of pyridine rings is 1. The van der Waals surface area contributed by atoms with Crippen LogP contribution in [0.2, 0.25) is 0 Å². The molecule has 1 aromatic rings. The molecule has 0 saturated carbocycles. The van der Waals surface area contributed by atoms with E-state index in [2.05, 4.69) is 17.9 Å². The Morgan fingerprint density at radius 3 is 2.57 bits per heavy atom. The van der Waals surface area contributed by atoms with Crippen LogP contribution in [-0.4, -0.2) is 51.9 Å². The highest BCUT2D eigenvalue weighted by Crippen LogP contribution is 2.37. The highest BCUT2D eigenvalue weighted by molar-refractivity contribution is 8.26. The summed E-state index contributed by atoms with van der Waals surface area (Å²) in [6.45, 7) is 10.1. The van der Waals surface area contributed by atoms with Crippen LogP contribution in [0.5, 0.6) is 0 Å². The third-order valence-electron chi connectivity index (χ3n) is 6.81. The fourth-order valence-electron chi connectivity index (χ4n) is 4.77. The number of aromatic nitrogens is 1. The van der Waals surface area contributed by atoms with E-state index < -0.39 is 0 Å². The normalized spacial score (nSPS) is 19.0. The number of rotatable bonds is 10. The van der Waals surface area contributed by atoms with Crippen molar-refractivity contribution < 1.29 is 14.3 Å². The summed E-state index contributed by atoms with van der Waals surface area (Å²) in [7, 11) is 0. The molecule has 0 aromatic carbocycles. The summed E-state index contributed by atoms with van der Waals surface area (Å²) in [4.78, 5) is 43.5. The standard InChI is InChI=1S/C27H36N4O4S2/c1-5-8-13-30-23(29-12-10-11-19(17-29)26(34)35-7-3)20(18(4)21(16-28)24(30)32)15-22-25(33)31(14-9-6-2)27(36)37-22/h15,19H,5-14,17H2,1-4H3/b22-15+. The zero-order chi connectivity index (χ0) is 27.1. The van der Waals surface area contributed by atoms with Crippen molar-refractivity contribution in [3.05, 3.63) is 31.9 Å². The van der Waals surface area contributed by atoms with Gasteiger partial charge in [-0.25, -0.2) is 0 Å². The molecule has 3 heterocycles. The highest BCUT2D eigenvalue weighted by atomic mass is 32.2. The second-order valence-electron chi connectivity index (χ2n) is 9.38. The first-order valence-corrected chi connectivity index (χ1v) is 14.4. The average Bonchev–Trinajstić information content (AvgIpc) is 3.15. The Morgan fingerprint density at radius 1 is 1.22 bits per heavy atom. The molecule has 2 fully saturated rings. The predicted molar refractivity (Wildman–Crippen MR) is 151 cm³/mol. The van der Waals surface area contributed by atoms with Gasteiger partial charge in [0, 0.05) is 31.7 Å². The summed E-state index contributed by atoms with van der Waals surface area (Å²) in [5.74, 6) is -0.0396. The van der Waals surface area contributed by atoms with Crippen LogP contribution >= 0.6 is 24.0 Å². The van der Waals surface area contributed by atoms with Crippen molar-refractivity contribution in [1.82, 2.24) is 9.47 Å². The van der Waals surface area contributed by atoms with Crippen LogP contribution in [0.3, 0.4) is 0 Å². The van der Waals surface area contributed by atoms with Gasteiger partial charge in [0.1, 0.15) is 21.8 Å². The fourth-order valence-corrected chi connectivity index (χ4v) is 6.06. The van der Waals surface area contributed by atoms with Crippen LogP contribution in [-0.2, 0) is 20.9 Å².